The molecular formula is C12H10F2N2. The second kappa shape index (κ2) is 4.18. The highest BCUT2D eigenvalue weighted by atomic mass is 19.1. The van der Waals surface area contributed by atoms with Crippen LogP contribution in [0.2, 0.25) is 0 Å². The summed E-state index contributed by atoms with van der Waals surface area (Å²) < 4.78 is 26.6. The minimum atomic E-state index is -0.650. The molecule has 3 N–H and O–H groups in total. The summed E-state index contributed by atoms with van der Waals surface area (Å²) >= 11 is 0. The second-order valence-corrected chi connectivity index (χ2v) is 3.31. The van der Waals surface area contributed by atoms with Crippen LogP contribution in [0.3, 0.4) is 0 Å². The Morgan fingerprint density at radius 2 is 1.50 bits per heavy atom. The summed E-state index contributed by atoms with van der Waals surface area (Å²) in [7, 11) is 0. The van der Waals surface area contributed by atoms with E-state index in [0.29, 0.717) is 11.4 Å². The minimum absolute atomic E-state index is 0.194. The molecular weight excluding hydrogens is 210 g/mol. The molecule has 0 spiro atoms. The third-order valence-corrected chi connectivity index (χ3v) is 2.18. The van der Waals surface area contributed by atoms with Crippen molar-refractivity contribution in [1.29, 1.82) is 0 Å². The van der Waals surface area contributed by atoms with E-state index >= 15 is 0 Å². The maximum atomic E-state index is 13.3. The number of halogens is 2. The highest BCUT2D eigenvalue weighted by molar-refractivity contribution is 5.72. The number of benzene rings is 2. The van der Waals surface area contributed by atoms with Crippen molar-refractivity contribution in [1.82, 2.24) is 0 Å². The van der Waals surface area contributed by atoms with Crippen molar-refractivity contribution in [2.75, 3.05) is 11.1 Å². The van der Waals surface area contributed by atoms with Crippen LogP contribution < -0.4 is 11.1 Å². The Hall–Kier alpha value is -2.10. The monoisotopic (exact) mass is 220 g/mol. The van der Waals surface area contributed by atoms with E-state index in [-0.39, 0.29) is 5.69 Å². The summed E-state index contributed by atoms with van der Waals surface area (Å²) in [6.07, 6.45) is 0. The van der Waals surface area contributed by atoms with Crippen molar-refractivity contribution in [2.45, 2.75) is 0 Å². The Balaban J connectivity index is 2.38. The molecule has 0 radical (unpaired) electrons. The Labute approximate surface area is 91.7 Å². The zero-order chi connectivity index (χ0) is 11.5. The van der Waals surface area contributed by atoms with Crippen molar-refractivity contribution in [2.24, 2.45) is 0 Å². The Bertz CT molecular complexity index is 492. The van der Waals surface area contributed by atoms with E-state index in [2.05, 4.69) is 5.32 Å². The van der Waals surface area contributed by atoms with Gasteiger partial charge in [0.05, 0.1) is 11.4 Å². The lowest BCUT2D eigenvalue weighted by Gasteiger charge is -2.10. The SMILES string of the molecule is Nc1ccccc1Nc1c(F)cccc1F. The number of nitrogen functional groups attached to an aromatic ring is 1. The van der Waals surface area contributed by atoms with Crippen molar-refractivity contribution in [3.8, 4) is 0 Å². The standard InChI is InChI=1S/C12H10F2N2/c13-8-4-3-5-9(14)12(8)16-11-7-2-1-6-10(11)15/h1-7,16H,15H2. The maximum Gasteiger partial charge on any atom is 0.149 e. The van der Waals surface area contributed by atoms with Crippen molar-refractivity contribution < 1.29 is 8.78 Å². The zero-order valence-corrected chi connectivity index (χ0v) is 8.37. The molecule has 0 aliphatic carbocycles. The highest BCUT2D eigenvalue weighted by Gasteiger charge is 2.09. The van der Waals surface area contributed by atoms with Crippen LogP contribution in [0, 0.1) is 11.6 Å². The lowest BCUT2D eigenvalue weighted by Crippen LogP contribution is -2.00. The summed E-state index contributed by atoms with van der Waals surface area (Å²) in [6.45, 7) is 0. The Morgan fingerprint density at radius 3 is 2.12 bits per heavy atom. The highest BCUT2D eigenvalue weighted by Crippen LogP contribution is 2.26. The van der Waals surface area contributed by atoms with E-state index in [0.717, 1.165) is 0 Å². The molecule has 0 amide bonds. The Kier molecular flexibility index (Phi) is 2.72. The van der Waals surface area contributed by atoms with Gasteiger partial charge in [0.25, 0.3) is 0 Å². The lowest BCUT2D eigenvalue weighted by molar-refractivity contribution is 0.591. The average molecular weight is 220 g/mol. The number of hydrogen-bond acceptors (Lipinski definition) is 2. The second-order valence-electron chi connectivity index (χ2n) is 3.31. The summed E-state index contributed by atoms with van der Waals surface area (Å²) in [5.74, 6) is -1.30. The number of para-hydroxylation sites is 3. The first-order valence-corrected chi connectivity index (χ1v) is 4.74. The zero-order valence-electron chi connectivity index (χ0n) is 8.37. The fourth-order valence-corrected chi connectivity index (χ4v) is 1.36. The van der Waals surface area contributed by atoms with E-state index in [9.17, 15) is 8.78 Å². The van der Waals surface area contributed by atoms with E-state index in [1.807, 2.05) is 0 Å². The van der Waals surface area contributed by atoms with Crippen LogP contribution in [0.4, 0.5) is 25.8 Å². The van der Waals surface area contributed by atoms with Gasteiger partial charge in [0.1, 0.15) is 17.3 Å². The molecule has 0 unspecified atom stereocenters. The van der Waals surface area contributed by atoms with Gasteiger partial charge in [-0.25, -0.2) is 8.78 Å². The van der Waals surface area contributed by atoms with E-state index in [1.54, 1.807) is 24.3 Å². The third-order valence-electron chi connectivity index (χ3n) is 2.18. The summed E-state index contributed by atoms with van der Waals surface area (Å²) in [5.41, 5.74) is 6.38. The van der Waals surface area contributed by atoms with Gasteiger partial charge >= 0.3 is 0 Å². The van der Waals surface area contributed by atoms with E-state index in [4.69, 9.17) is 5.73 Å². The molecule has 2 nitrogen and oxygen atoms in total. The molecule has 0 aliphatic rings. The average Bonchev–Trinajstić information content (AvgIpc) is 2.26. The molecule has 2 rings (SSSR count). The van der Waals surface area contributed by atoms with Gasteiger partial charge in [-0.3, -0.25) is 0 Å². The fraction of sp³-hybridized carbons (Fsp3) is 0. The molecule has 0 aromatic heterocycles. The number of nitrogens with two attached hydrogens (primary N) is 1. The summed E-state index contributed by atoms with van der Waals surface area (Å²) in [5, 5.41) is 2.63. The largest absolute Gasteiger partial charge is 0.397 e. The molecule has 0 bridgehead atoms. The molecule has 0 saturated carbocycles. The predicted octanol–water partition coefficient (Wildman–Crippen LogP) is 3.29. The molecule has 4 heteroatoms. The predicted molar refractivity (Wildman–Crippen MR) is 60.5 cm³/mol. The minimum Gasteiger partial charge on any atom is -0.397 e. The van der Waals surface area contributed by atoms with Crippen LogP contribution in [0.5, 0.6) is 0 Å². The first kappa shape index (κ1) is 10.4. The first-order chi connectivity index (χ1) is 7.68. The van der Waals surface area contributed by atoms with Gasteiger partial charge in [-0.1, -0.05) is 18.2 Å². The molecule has 2 aromatic carbocycles. The molecule has 0 aliphatic heterocycles. The van der Waals surface area contributed by atoms with Crippen molar-refractivity contribution >= 4 is 17.1 Å². The molecule has 0 fully saturated rings. The lowest BCUT2D eigenvalue weighted by atomic mass is 10.2. The molecule has 82 valence electrons. The van der Waals surface area contributed by atoms with Gasteiger partial charge in [-0.2, -0.15) is 0 Å². The van der Waals surface area contributed by atoms with Gasteiger partial charge in [-0.15, -0.1) is 0 Å². The molecule has 0 atom stereocenters. The first-order valence-electron chi connectivity index (χ1n) is 4.74. The molecule has 0 heterocycles. The van der Waals surface area contributed by atoms with Crippen LogP contribution in [0.25, 0.3) is 0 Å². The summed E-state index contributed by atoms with van der Waals surface area (Å²) in [4.78, 5) is 0. The van der Waals surface area contributed by atoms with Crippen LogP contribution in [0.15, 0.2) is 42.5 Å². The number of rotatable bonds is 2. The smallest absolute Gasteiger partial charge is 0.149 e. The van der Waals surface area contributed by atoms with Crippen LogP contribution >= 0.6 is 0 Å². The normalized spacial score (nSPS) is 10.1. The topological polar surface area (TPSA) is 38.0 Å². The van der Waals surface area contributed by atoms with Gasteiger partial charge < -0.3 is 11.1 Å². The fourth-order valence-electron chi connectivity index (χ4n) is 1.36. The van der Waals surface area contributed by atoms with E-state index in [1.165, 1.54) is 18.2 Å². The number of anilines is 3. The molecule has 2 aromatic rings. The Morgan fingerprint density at radius 1 is 0.875 bits per heavy atom. The van der Waals surface area contributed by atoms with Crippen LogP contribution in [-0.4, -0.2) is 0 Å². The van der Waals surface area contributed by atoms with Crippen LogP contribution in [0.1, 0.15) is 0 Å². The summed E-state index contributed by atoms with van der Waals surface area (Å²) in [6, 6.07) is 10.5. The van der Waals surface area contributed by atoms with Gasteiger partial charge in [0, 0.05) is 0 Å². The maximum absolute atomic E-state index is 13.3. The van der Waals surface area contributed by atoms with Gasteiger partial charge in [0.15, 0.2) is 0 Å². The van der Waals surface area contributed by atoms with Gasteiger partial charge in [-0.05, 0) is 24.3 Å². The third kappa shape index (κ3) is 1.95. The van der Waals surface area contributed by atoms with Crippen molar-refractivity contribution in [3.05, 3.63) is 54.1 Å². The number of nitrogens with one attached hydrogen (secondary N) is 1. The van der Waals surface area contributed by atoms with Crippen LogP contribution in [-0.2, 0) is 0 Å². The van der Waals surface area contributed by atoms with Gasteiger partial charge in [0.2, 0.25) is 0 Å². The van der Waals surface area contributed by atoms with E-state index < -0.39 is 11.6 Å². The van der Waals surface area contributed by atoms with Crippen molar-refractivity contribution in [3.63, 3.8) is 0 Å². The quantitative estimate of drug-likeness (QED) is 0.762. The molecule has 16 heavy (non-hydrogen) atoms. The molecule has 0 saturated heterocycles. The number of hydrogen-bond donors (Lipinski definition) is 2.